The number of methoxy groups -OCH3 is 2. The van der Waals surface area contributed by atoms with Crippen LogP contribution in [0.15, 0.2) is 23.1 Å². The second-order valence-corrected chi connectivity index (χ2v) is 2.49. The van der Waals surface area contributed by atoms with Crippen LogP contribution < -0.4 is 39.0 Å². The summed E-state index contributed by atoms with van der Waals surface area (Å²) in [5.41, 5.74) is 0. The summed E-state index contributed by atoms with van der Waals surface area (Å²) in [7, 11) is 3.19. The topological polar surface area (TPSA) is 18.5 Å². The molecule has 0 aliphatic carbocycles. The van der Waals surface area contributed by atoms with Gasteiger partial charge in [-0.25, -0.2) is 0 Å². The van der Waals surface area contributed by atoms with Gasteiger partial charge in [-0.1, -0.05) is 6.07 Å². The van der Waals surface area contributed by atoms with E-state index in [1.807, 2.05) is 0 Å². The van der Waals surface area contributed by atoms with E-state index in [1.165, 1.54) is 0 Å². The number of hydrogen-bond acceptors (Lipinski definition) is 3. The zero-order chi connectivity index (χ0) is 8.27. The van der Waals surface area contributed by atoms with Crippen LogP contribution in [0.5, 0.6) is 11.5 Å². The summed E-state index contributed by atoms with van der Waals surface area (Å²) in [4.78, 5) is 0.752. The molecule has 1 aromatic rings. The van der Waals surface area contributed by atoms with E-state index < -0.39 is 0 Å². The number of rotatable bonds is 2. The van der Waals surface area contributed by atoms with Gasteiger partial charge in [0.2, 0.25) is 0 Å². The number of hydrogen-bond donors (Lipinski definition) is 0. The molecule has 12 heavy (non-hydrogen) atoms. The monoisotopic (exact) mass is 192 g/mol. The van der Waals surface area contributed by atoms with Crippen molar-refractivity contribution >= 4 is 12.6 Å². The Balaban J connectivity index is 0.00000121. The quantitative estimate of drug-likeness (QED) is 0.425. The molecular weight excluding hydrogens is 183 g/mol. The van der Waals surface area contributed by atoms with Gasteiger partial charge in [-0.3, -0.25) is 0 Å². The smallest absolute Gasteiger partial charge is 0.780 e. The van der Waals surface area contributed by atoms with Crippen LogP contribution in [-0.4, -0.2) is 14.2 Å². The van der Waals surface area contributed by atoms with Gasteiger partial charge < -0.3 is 22.1 Å². The van der Waals surface area contributed by atoms with Crippen LogP contribution in [0, 0.1) is 0 Å². The molecule has 0 bridgehead atoms. The molecule has 0 atom stereocenters. The summed E-state index contributed by atoms with van der Waals surface area (Å²) in [6.07, 6.45) is 0. The molecule has 60 valence electrons. The molecule has 0 fully saturated rings. The largest absolute Gasteiger partial charge is 1.00 e. The predicted octanol–water partition coefficient (Wildman–Crippen LogP) is -1.39. The van der Waals surface area contributed by atoms with Crippen molar-refractivity contribution in [2.75, 3.05) is 14.2 Å². The van der Waals surface area contributed by atoms with Crippen molar-refractivity contribution in [3.05, 3.63) is 18.2 Å². The Hall–Kier alpha value is 0.0400. The summed E-state index contributed by atoms with van der Waals surface area (Å²) in [5, 5.41) is 0. The third kappa shape index (κ3) is 2.83. The van der Waals surface area contributed by atoms with E-state index in [1.54, 1.807) is 32.4 Å². The molecule has 0 heterocycles. The first kappa shape index (κ1) is 12.0. The van der Waals surface area contributed by atoms with Crippen LogP contribution in [0.25, 0.3) is 0 Å². The van der Waals surface area contributed by atoms with Crippen molar-refractivity contribution in [3.63, 3.8) is 0 Å². The Labute approximate surface area is 100.0 Å². The molecule has 2 nitrogen and oxygen atoms in total. The minimum Gasteiger partial charge on any atom is -0.780 e. The van der Waals surface area contributed by atoms with Gasteiger partial charge in [0.05, 0.1) is 14.2 Å². The maximum Gasteiger partial charge on any atom is 1.00 e. The zero-order valence-corrected chi connectivity index (χ0v) is 10.3. The Kier molecular flexibility index (Phi) is 5.66. The molecule has 0 spiro atoms. The van der Waals surface area contributed by atoms with Crippen LogP contribution >= 0.6 is 0 Å². The fraction of sp³-hybridized carbons (Fsp3) is 0.250. The molecule has 1 aromatic carbocycles. The second kappa shape index (κ2) is 5.65. The van der Waals surface area contributed by atoms with E-state index in [-0.39, 0.29) is 29.6 Å². The molecule has 0 aromatic heterocycles. The third-order valence-electron chi connectivity index (χ3n) is 1.36. The minimum atomic E-state index is 0. The summed E-state index contributed by atoms with van der Waals surface area (Å²) >= 11 is 4.94. The summed E-state index contributed by atoms with van der Waals surface area (Å²) in [6.45, 7) is 0. The average Bonchev–Trinajstić information content (AvgIpc) is 2.04. The maximum absolute atomic E-state index is 5.03. The molecule has 0 N–H and O–H groups in total. The third-order valence-corrected chi connectivity index (χ3v) is 1.61. The molecule has 0 aliphatic rings. The van der Waals surface area contributed by atoms with Gasteiger partial charge in [-0.15, -0.1) is 0 Å². The van der Waals surface area contributed by atoms with Gasteiger partial charge in [0, 0.05) is 0 Å². The van der Waals surface area contributed by atoms with Crippen LogP contribution in [0.2, 0.25) is 0 Å². The molecule has 0 unspecified atom stereocenters. The second-order valence-electron chi connectivity index (χ2n) is 2.02. The van der Waals surface area contributed by atoms with Crippen LogP contribution in [0.1, 0.15) is 0 Å². The Bertz CT molecular complexity index is 253. The van der Waals surface area contributed by atoms with Gasteiger partial charge in [0.15, 0.2) is 11.5 Å². The van der Waals surface area contributed by atoms with E-state index in [4.69, 9.17) is 22.1 Å². The minimum absolute atomic E-state index is 0. The Morgan fingerprint density at radius 2 is 1.67 bits per heavy atom. The van der Waals surface area contributed by atoms with E-state index in [0.717, 1.165) is 4.90 Å². The predicted molar refractivity (Wildman–Crippen MR) is 45.2 cm³/mol. The summed E-state index contributed by atoms with van der Waals surface area (Å²) in [6, 6.07) is 5.35. The van der Waals surface area contributed by atoms with Crippen LogP contribution in [0.3, 0.4) is 0 Å². The van der Waals surface area contributed by atoms with E-state index in [9.17, 15) is 0 Å². The van der Waals surface area contributed by atoms with Gasteiger partial charge in [-0.05, 0) is 12.1 Å². The summed E-state index contributed by atoms with van der Waals surface area (Å²) in [5.74, 6) is 1.39. The van der Waals surface area contributed by atoms with Crippen molar-refractivity contribution in [1.82, 2.24) is 0 Å². The van der Waals surface area contributed by atoms with E-state index in [0.29, 0.717) is 11.5 Å². The molecule has 1 rings (SSSR count). The molecular formula is C8H9NaO2S. The van der Waals surface area contributed by atoms with Gasteiger partial charge in [0.1, 0.15) is 0 Å². The van der Waals surface area contributed by atoms with E-state index >= 15 is 0 Å². The standard InChI is InChI=1S/C8H10O2S.Na/c1-9-7-4-3-6(11)5-8(7)10-2;/h3-5,11H,1-2H3;/q;+1/p-1. The van der Waals surface area contributed by atoms with Crippen molar-refractivity contribution < 1.29 is 39.0 Å². The van der Waals surface area contributed by atoms with Crippen molar-refractivity contribution in [2.24, 2.45) is 0 Å². The van der Waals surface area contributed by atoms with Crippen molar-refractivity contribution in [3.8, 4) is 11.5 Å². The average molecular weight is 192 g/mol. The molecule has 0 amide bonds. The van der Waals surface area contributed by atoms with E-state index in [2.05, 4.69) is 0 Å². The number of benzene rings is 1. The fourth-order valence-electron chi connectivity index (χ4n) is 0.817. The van der Waals surface area contributed by atoms with Gasteiger partial charge >= 0.3 is 29.6 Å². The van der Waals surface area contributed by atoms with Crippen LogP contribution in [0.4, 0.5) is 0 Å². The maximum atomic E-state index is 5.03. The van der Waals surface area contributed by atoms with Crippen molar-refractivity contribution in [2.45, 2.75) is 4.90 Å². The summed E-state index contributed by atoms with van der Waals surface area (Å²) < 4.78 is 10.0. The molecule has 4 heteroatoms. The molecule has 0 aliphatic heterocycles. The number of ether oxygens (including phenoxy) is 2. The Morgan fingerprint density at radius 1 is 1.08 bits per heavy atom. The molecule has 0 saturated carbocycles. The van der Waals surface area contributed by atoms with Gasteiger partial charge in [-0.2, -0.15) is 4.90 Å². The normalized spacial score (nSPS) is 8.50. The van der Waals surface area contributed by atoms with Gasteiger partial charge in [0.25, 0.3) is 0 Å². The van der Waals surface area contributed by atoms with Crippen LogP contribution in [-0.2, 0) is 12.6 Å². The SMILES string of the molecule is COc1ccc([S-])cc1OC.[Na+]. The molecule has 0 radical (unpaired) electrons. The molecule has 0 saturated heterocycles. The first-order chi connectivity index (χ1) is 5.27. The first-order valence-corrected chi connectivity index (χ1v) is 3.58. The first-order valence-electron chi connectivity index (χ1n) is 3.17. The van der Waals surface area contributed by atoms with Crippen molar-refractivity contribution in [1.29, 1.82) is 0 Å². The fourth-order valence-corrected chi connectivity index (χ4v) is 0.992. The Morgan fingerprint density at radius 3 is 2.17 bits per heavy atom. The zero-order valence-electron chi connectivity index (χ0n) is 7.46.